The Balaban J connectivity index is 2.62. The van der Waals surface area contributed by atoms with E-state index in [2.05, 4.69) is 0 Å². The molecule has 0 aromatic rings. The van der Waals surface area contributed by atoms with Crippen LogP contribution in [-0.4, -0.2) is 69.9 Å². The maximum Gasteiger partial charge on any atom is 0.0992 e. The highest BCUT2D eigenvalue weighted by atomic mass is 16.3. The molecule has 72 valence electrons. The topological polar surface area (TPSA) is 84.2 Å². The smallest absolute Gasteiger partial charge is 0.0992 e. The van der Waals surface area contributed by atoms with Gasteiger partial charge in [0.1, 0.15) is 0 Å². The molecule has 12 heavy (non-hydrogen) atoms. The van der Waals surface area contributed by atoms with Crippen molar-refractivity contribution < 1.29 is 20.4 Å². The fourth-order valence-corrected chi connectivity index (χ4v) is 1.64. The summed E-state index contributed by atoms with van der Waals surface area (Å²) in [5.41, 5.74) is 0. The zero-order valence-corrected chi connectivity index (χ0v) is 6.96. The Kier molecular flexibility index (Phi) is 3.03. The highest BCUT2D eigenvalue weighted by Gasteiger charge is 2.41. The quantitative estimate of drug-likeness (QED) is 0.371. The van der Waals surface area contributed by atoms with E-state index in [1.54, 1.807) is 11.9 Å². The van der Waals surface area contributed by atoms with Crippen LogP contribution >= 0.6 is 0 Å². The monoisotopic (exact) mass is 177 g/mol. The molecule has 0 bridgehead atoms. The lowest BCUT2D eigenvalue weighted by Crippen LogP contribution is -2.45. The molecule has 1 aliphatic heterocycles. The SMILES string of the molecule is CN1C[C@@H](O)[C@@H](O)[C@H]1[C@H](O)CO. The van der Waals surface area contributed by atoms with Crippen LogP contribution in [0.1, 0.15) is 0 Å². The third-order valence-electron chi connectivity index (χ3n) is 2.31. The third-order valence-corrected chi connectivity index (χ3v) is 2.31. The Morgan fingerprint density at radius 2 is 2.08 bits per heavy atom. The van der Waals surface area contributed by atoms with Gasteiger partial charge in [0.05, 0.1) is 31.0 Å². The van der Waals surface area contributed by atoms with Crippen LogP contribution in [0, 0.1) is 0 Å². The van der Waals surface area contributed by atoms with Crippen LogP contribution in [0.2, 0.25) is 0 Å². The molecule has 5 heteroatoms. The molecule has 0 amide bonds. The number of rotatable bonds is 2. The molecule has 5 nitrogen and oxygen atoms in total. The van der Waals surface area contributed by atoms with Crippen molar-refractivity contribution in [3.05, 3.63) is 0 Å². The minimum atomic E-state index is -0.998. The largest absolute Gasteiger partial charge is 0.394 e. The first-order valence-corrected chi connectivity index (χ1v) is 3.93. The maximum atomic E-state index is 9.37. The molecule has 0 saturated carbocycles. The Labute approximate surface area is 70.9 Å². The molecule has 0 aromatic heterocycles. The van der Waals surface area contributed by atoms with Crippen molar-refractivity contribution in [2.24, 2.45) is 0 Å². The number of nitrogens with zero attached hydrogens (tertiary/aromatic N) is 1. The lowest BCUT2D eigenvalue weighted by molar-refractivity contribution is -0.0261. The summed E-state index contributed by atoms with van der Waals surface area (Å²) in [6.07, 6.45) is -2.81. The van der Waals surface area contributed by atoms with Crippen molar-refractivity contribution in [3.8, 4) is 0 Å². The molecule has 1 saturated heterocycles. The van der Waals surface area contributed by atoms with Gasteiger partial charge in [-0.2, -0.15) is 0 Å². The van der Waals surface area contributed by atoms with E-state index in [0.29, 0.717) is 6.54 Å². The number of aliphatic hydroxyl groups is 4. The molecular formula is C7H15NO4. The predicted molar refractivity (Wildman–Crippen MR) is 41.5 cm³/mol. The van der Waals surface area contributed by atoms with Crippen molar-refractivity contribution in [2.45, 2.75) is 24.4 Å². The number of β-amino-alcohol motifs (C(OH)–C–C–N with tert-alkyl or cyclic N) is 1. The lowest BCUT2D eigenvalue weighted by Gasteiger charge is -2.25. The summed E-state index contributed by atoms with van der Waals surface area (Å²) in [4.78, 5) is 1.64. The first kappa shape index (κ1) is 9.88. The Hall–Kier alpha value is -0.200. The normalized spacial score (nSPS) is 40.2. The van der Waals surface area contributed by atoms with Gasteiger partial charge in [0.25, 0.3) is 0 Å². The van der Waals surface area contributed by atoms with Gasteiger partial charge in [-0.15, -0.1) is 0 Å². The molecule has 0 aromatic carbocycles. The van der Waals surface area contributed by atoms with Gasteiger partial charge in [-0.1, -0.05) is 0 Å². The van der Waals surface area contributed by atoms with E-state index in [1.807, 2.05) is 0 Å². The second-order valence-electron chi connectivity index (χ2n) is 3.24. The fourth-order valence-electron chi connectivity index (χ4n) is 1.64. The molecule has 0 radical (unpaired) electrons. The van der Waals surface area contributed by atoms with Crippen LogP contribution in [0.4, 0.5) is 0 Å². The Morgan fingerprint density at radius 3 is 2.42 bits per heavy atom. The molecule has 0 aliphatic carbocycles. The van der Waals surface area contributed by atoms with E-state index in [9.17, 15) is 15.3 Å². The molecule has 1 rings (SSSR count). The number of likely N-dealkylation sites (N-methyl/N-ethyl adjacent to an activating group) is 1. The van der Waals surface area contributed by atoms with Gasteiger partial charge < -0.3 is 20.4 Å². The second-order valence-corrected chi connectivity index (χ2v) is 3.24. The van der Waals surface area contributed by atoms with Gasteiger partial charge in [0.15, 0.2) is 0 Å². The second kappa shape index (κ2) is 3.68. The van der Waals surface area contributed by atoms with E-state index >= 15 is 0 Å². The zero-order valence-electron chi connectivity index (χ0n) is 6.96. The molecule has 1 aliphatic rings. The van der Waals surface area contributed by atoms with E-state index in [-0.39, 0.29) is 0 Å². The van der Waals surface area contributed by atoms with Gasteiger partial charge in [-0.25, -0.2) is 0 Å². The fraction of sp³-hybridized carbons (Fsp3) is 1.00. The van der Waals surface area contributed by atoms with Gasteiger partial charge in [0, 0.05) is 6.54 Å². The van der Waals surface area contributed by atoms with Crippen LogP contribution in [0.3, 0.4) is 0 Å². The van der Waals surface area contributed by atoms with Crippen molar-refractivity contribution in [1.29, 1.82) is 0 Å². The van der Waals surface area contributed by atoms with Gasteiger partial charge in [-0.3, -0.25) is 4.90 Å². The highest BCUT2D eigenvalue weighted by Crippen LogP contribution is 2.19. The summed E-state index contributed by atoms with van der Waals surface area (Å²) in [5, 5.41) is 36.5. The minimum absolute atomic E-state index is 0.322. The summed E-state index contributed by atoms with van der Waals surface area (Å²) in [5.74, 6) is 0. The molecule has 1 heterocycles. The number of likely N-dealkylation sites (tertiary alicyclic amines) is 1. The first-order chi connectivity index (χ1) is 5.57. The Morgan fingerprint density at radius 1 is 1.50 bits per heavy atom. The molecular weight excluding hydrogens is 162 g/mol. The van der Waals surface area contributed by atoms with E-state index in [1.165, 1.54) is 0 Å². The molecule has 1 fully saturated rings. The molecule has 4 N–H and O–H groups in total. The van der Waals surface area contributed by atoms with Crippen LogP contribution in [0.15, 0.2) is 0 Å². The average Bonchev–Trinajstić information content (AvgIpc) is 2.26. The van der Waals surface area contributed by atoms with E-state index in [4.69, 9.17) is 5.11 Å². The van der Waals surface area contributed by atoms with Gasteiger partial charge >= 0.3 is 0 Å². The number of aliphatic hydroxyl groups excluding tert-OH is 4. The maximum absolute atomic E-state index is 9.37. The van der Waals surface area contributed by atoms with Gasteiger partial charge in [0.2, 0.25) is 0 Å². The van der Waals surface area contributed by atoms with Crippen LogP contribution in [0.25, 0.3) is 0 Å². The van der Waals surface area contributed by atoms with E-state index in [0.717, 1.165) is 0 Å². The predicted octanol–water partition coefficient (Wildman–Crippen LogP) is -2.62. The first-order valence-electron chi connectivity index (χ1n) is 3.93. The number of hydrogen-bond donors (Lipinski definition) is 4. The summed E-state index contributed by atoms with van der Waals surface area (Å²) in [6.45, 7) is -0.0817. The van der Waals surface area contributed by atoms with Crippen molar-refractivity contribution >= 4 is 0 Å². The standard InChI is InChI=1S/C7H15NO4/c1-8-2-4(10)7(12)6(8)5(11)3-9/h4-7,9-12H,2-3H2,1H3/t4-,5-,6-,7-/m1/s1. The van der Waals surface area contributed by atoms with Crippen LogP contribution < -0.4 is 0 Å². The molecule has 0 spiro atoms. The molecule has 0 unspecified atom stereocenters. The number of hydrogen-bond acceptors (Lipinski definition) is 5. The van der Waals surface area contributed by atoms with Gasteiger partial charge in [-0.05, 0) is 7.05 Å². The van der Waals surface area contributed by atoms with Crippen molar-refractivity contribution in [2.75, 3.05) is 20.2 Å². The summed E-state index contributed by atoms with van der Waals surface area (Å²) >= 11 is 0. The summed E-state index contributed by atoms with van der Waals surface area (Å²) < 4.78 is 0. The Bertz CT molecular complexity index is 150. The highest BCUT2D eigenvalue weighted by molar-refractivity contribution is 4.95. The lowest BCUT2D eigenvalue weighted by atomic mass is 10.1. The van der Waals surface area contributed by atoms with Crippen molar-refractivity contribution in [3.63, 3.8) is 0 Å². The third kappa shape index (κ3) is 1.60. The van der Waals surface area contributed by atoms with Crippen LogP contribution in [0.5, 0.6) is 0 Å². The van der Waals surface area contributed by atoms with E-state index < -0.39 is 31.0 Å². The zero-order chi connectivity index (χ0) is 9.30. The van der Waals surface area contributed by atoms with Crippen LogP contribution in [-0.2, 0) is 0 Å². The minimum Gasteiger partial charge on any atom is -0.394 e. The van der Waals surface area contributed by atoms with Crippen molar-refractivity contribution in [1.82, 2.24) is 4.90 Å². The average molecular weight is 177 g/mol. The summed E-state index contributed by atoms with van der Waals surface area (Å²) in [6, 6.07) is -0.565. The summed E-state index contributed by atoms with van der Waals surface area (Å²) in [7, 11) is 1.68. The molecule has 4 atom stereocenters.